The first-order chi connectivity index (χ1) is 10.7. The van der Waals surface area contributed by atoms with Crippen molar-refractivity contribution >= 4 is 11.8 Å². The molecule has 2 heterocycles. The van der Waals surface area contributed by atoms with Crippen molar-refractivity contribution in [3.63, 3.8) is 0 Å². The zero-order valence-corrected chi connectivity index (χ0v) is 13.4. The van der Waals surface area contributed by atoms with Crippen molar-refractivity contribution < 1.29 is 9.84 Å². The maximum Gasteiger partial charge on any atom is 0.118 e. The fourth-order valence-corrected chi connectivity index (χ4v) is 3.91. The van der Waals surface area contributed by atoms with Crippen LogP contribution in [0.2, 0.25) is 0 Å². The molecular formula is C16H21N3O2S. The minimum Gasteiger partial charge on any atom is -0.497 e. The summed E-state index contributed by atoms with van der Waals surface area (Å²) in [6.07, 6.45) is 2.70. The van der Waals surface area contributed by atoms with E-state index in [2.05, 4.69) is 15.5 Å². The van der Waals surface area contributed by atoms with Crippen LogP contribution in [-0.4, -0.2) is 46.1 Å². The highest BCUT2D eigenvalue weighted by molar-refractivity contribution is 7.99. The lowest BCUT2D eigenvalue weighted by Crippen LogP contribution is -2.40. The molecule has 1 aromatic heterocycles. The maximum atomic E-state index is 10.3. The van der Waals surface area contributed by atoms with Crippen molar-refractivity contribution in [1.29, 1.82) is 0 Å². The van der Waals surface area contributed by atoms with Crippen LogP contribution in [0.4, 0.5) is 0 Å². The number of methoxy groups -OCH3 is 1. The molecule has 0 bridgehead atoms. The van der Waals surface area contributed by atoms with Crippen LogP contribution in [0.5, 0.6) is 5.75 Å². The second-order valence-electron chi connectivity index (χ2n) is 5.63. The van der Waals surface area contributed by atoms with Crippen LogP contribution >= 0.6 is 11.8 Å². The lowest BCUT2D eigenvalue weighted by molar-refractivity contribution is 0.0675. The molecule has 0 saturated carbocycles. The number of nitrogens with zero attached hydrogens (tertiary/aromatic N) is 1. The lowest BCUT2D eigenvalue weighted by atomic mass is 10.0. The molecule has 0 amide bonds. The van der Waals surface area contributed by atoms with Crippen molar-refractivity contribution in [2.75, 3.05) is 25.2 Å². The van der Waals surface area contributed by atoms with Crippen molar-refractivity contribution in [1.82, 2.24) is 15.5 Å². The van der Waals surface area contributed by atoms with Crippen molar-refractivity contribution in [2.45, 2.75) is 18.6 Å². The van der Waals surface area contributed by atoms with Crippen molar-refractivity contribution in [3.05, 3.63) is 36.0 Å². The molecule has 1 aliphatic rings. The van der Waals surface area contributed by atoms with Crippen LogP contribution in [0.15, 0.2) is 30.5 Å². The smallest absolute Gasteiger partial charge is 0.118 e. The SMILES string of the molecule is COc1ccc(-c2[nH]ncc2CNCC2(O)CCSC2)cc1. The highest BCUT2D eigenvalue weighted by Gasteiger charge is 2.31. The summed E-state index contributed by atoms with van der Waals surface area (Å²) in [5.41, 5.74) is 2.61. The van der Waals surface area contributed by atoms with E-state index in [1.54, 1.807) is 7.11 Å². The number of H-pyrrole nitrogens is 1. The number of ether oxygens (including phenoxy) is 1. The Bertz CT molecular complexity index is 606. The van der Waals surface area contributed by atoms with Crippen LogP contribution in [0.1, 0.15) is 12.0 Å². The number of benzene rings is 1. The summed E-state index contributed by atoms with van der Waals surface area (Å²) in [6, 6.07) is 7.89. The summed E-state index contributed by atoms with van der Waals surface area (Å²) in [7, 11) is 1.66. The maximum absolute atomic E-state index is 10.3. The Morgan fingerprint density at radius 2 is 2.23 bits per heavy atom. The first kappa shape index (κ1) is 15.4. The molecular weight excluding hydrogens is 298 g/mol. The summed E-state index contributed by atoms with van der Waals surface area (Å²) < 4.78 is 5.18. The molecule has 1 fully saturated rings. The molecule has 1 saturated heterocycles. The molecule has 3 N–H and O–H groups in total. The molecule has 0 aliphatic carbocycles. The minimum atomic E-state index is -0.561. The molecule has 3 rings (SSSR count). The Kier molecular flexibility index (Phi) is 4.71. The van der Waals surface area contributed by atoms with E-state index < -0.39 is 5.60 Å². The van der Waals surface area contributed by atoms with Gasteiger partial charge >= 0.3 is 0 Å². The van der Waals surface area contributed by atoms with Crippen LogP contribution in [0.3, 0.4) is 0 Å². The first-order valence-electron chi connectivity index (χ1n) is 7.38. The van der Waals surface area contributed by atoms with Gasteiger partial charge in [-0.1, -0.05) is 0 Å². The lowest BCUT2D eigenvalue weighted by Gasteiger charge is -2.21. The molecule has 1 aromatic carbocycles. The normalized spacial score (nSPS) is 21.2. The third-order valence-corrected chi connectivity index (χ3v) is 5.18. The van der Waals surface area contributed by atoms with Gasteiger partial charge in [-0.05, 0) is 36.4 Å². The Labute approximate surface area is 134 Å². The zero-order chi connectivity index (χ0) is 15.4. The highest BCUT2D eigenvalue weighted by atomic mass is 32.2. The van der Waals surface area contributed by atoms with Gasteiger partial charge in [-0.2, -0.15) is 16.9 Å². The van der Waals surface area contributed by atoms with Gasteiger partial charge in [0.1, 0.15) is 5.75 Å². The summed E-state index contributed by atoms with van der Waals surface area (Å²) in [5.74, 6) is 2.70. The van der Waals surface area contributed by atoms with Gasteiger partial charge < -0.3 is 15.2 Å². The molecule has 6 heteroatoms. The van der Waals surface area contributed by atoms with E-state index in [1.807, 2.05) is 42.2 Å². The Balaban J connectivity index is 1.64. The molecule has 0 spiro atoms. The van der Waals surface area contributed by atoms with E-state index in [0.717, 1.165) is 40.5 Å². The first-order valence-corrected chi connectivity index (χ1v) is 8.53. The van der Waals surface area contributed by atoms with Gasteiger partial charge in [-0.3, -0.25) is 5.10 Å². The number of nitrogens with one attached hydrogen (secondary N) is 2. The van der Waals surface area contributed by atoms with Crippen LogP contribution in [0, 0.1) is 0 Å². The predicted molar refractivity (Wildman–Crippen MR) is 89.2 cm³/mol. The van der Waals surface area contributed by atoms with E-state index in [1.165, 1.54) is 0 Å². The largest absolute Gasteiger partial charge is 0.497 e. The van der Waals surface area contributed by atoms with Crippen LogP contribution in [-0.2, 0) is 6.54 Å². The summed E-state index contributed by atoms with van der Waals surface area (Å²) >= 11 is 1.81. The number of thioether (sulfide) groups is 1. The van der Waals surface area contributed by atoms with E-state index in [0.29, 0.717) is 13.1 Å². The van der Waals surface area contributed by atoms with E-state index in [9.17, 15) is 5.11 Å². The average Bonchev–Trinajstić information content (AvgIpc) is 3.17. The van der Waals surface area contributed by atoms with Gasteiger partial charge in [0.05, 0.1) is 24.6 Å². The molecule has 118 valence electrons. The molecule has 1 aliphatic heterocycles. The van der Waals surface area contributed by atoms with Gasteiger partial charge in [0.2, 0.25) is 0 Å². The molecule has 1 atom stereocenters. The number of aromatic nitrogens is 2. The fraction of sp³-hybridized carbons (Fsp3) is 0.438. The van der Waals surface area contributed by atoms with Crippen molar-refractivity contribution in [3.8, 4) is 17.0 Å². The zero-order valence-electron chi connectivity index (χ0n) is 12.6. The number of rotatable bonds is 6. The van der Waals surface area contributed by atoms with Gasteiger partial charge in [0.25, 0.3) is 0 Å². The standard InChI is InChI=1S/C16H21N3O2S/c1-21-14-4-2-12(3-5-14)15-13(9-18-19-15)8-17-10-16(20)6-7-22-11-16/h2-5,9,17,20H,6-8,10-11H2,1H3,(H,18,19). The van der Waals surface area contributed by atoms with E-state index in [4.69, 9.17) is 4.74 Å². The van der Waals surface area contributed by atoms with Gasteiger partial charge in [-0.15, -0.1) is 0 Å². The Hall–Kier alpha value is -1.50. The molecule has 22 heavy (non-hydrogen) atoms. The summed E-state index contributed by atoms with van der Waals surface area (Å²) in [6.45, 7) is 1.30. The number of hydrogen-bond donors (Lipinski definition) is 3. The Morgan fingerprint density at radius 3 is 2.91 bits per heavy atom. The molecule has 0 radical (unpaired) electrons. The number of aromatic amines is 1. The summed E-state index contributed by atoms with van der Waals surface area (Å²) in [4.78, 5) is 0. The van der Waals surface area contributed by atoms with E-state index in [-0.39, 0.29) is 0 Å². The molecule has 2 aromatic rings. The quantitative estimate of drug-likeness (QED) is 0.760. The summed E-state index contributed by atoms with van der Waals surface area (Å²) in [5, 5.41) is 20.9. The second-order valence-corrected chi connectivity index (χ2v) is 6.73. The molecule has 1 unspecified atom stereocenters. The second kappa shape index (κ2) is 6.73. The number of aliphatic hydroxyl groups is 1. The predicted octanol–water partition coefficient (Wildman–Crippen LogP) is 2.04. The highest BCUT2D eigenvalue weighted by Crippen LogP contribution is 2.27. The number of hydrogen-bond acceptors (Lipinski definition) is 5. The average molecular weight is 319 g/mol. The van der Waals surface area contributed by atoms with Crippen molar-refractivity contribution in [2.24, 2.45) is 0 Å². The monoisotopic (exact) mass is 319 g/mol. The van der Waals surface area contributed by atoms with Gasteiger partial charge in [0.15, 0.2) is 0 Å². The van der Waals surface area contributed by atoms with Crippen LogP contribution in [0.25, 0.3) is 11.3 Å². The van der Waals surface area contributed by atoms with Crippen LogP contribution < -0.4 is 10.1 Å². The third kappa shape index (κ3) is 3.45. The topological polar surface area (TPSA) is 70.2 Å². The fourth-order valence-electron chi connectivity index (χ4n) is 2.62. The van der Waals surface area contributed by atoms with Gasteiger partial charge in [0, 0.05) is 30.0 Å². The third-order valence-electron chi connectivity index (χ3n) is 3.95. The molecule has 5 nitrogen and oxygen atoms in total. The Morgan fingerprint density at radius 1 is 1.41 bits per heavy atom. The minimum absolute atomic E-state index is 0.561. The van der Waals surface area contributed by atoms with E-state index >= 15 is 0 Å². The van der Waals surface area contributed by atoms with Gasteiger partial charge in [-0.25, -0.2) is 0 Å².